The molecule has 3 heteroatoms. The maximum absolute atomic E-state index is 13.6. The second kappa shape index (κ2) is 5.26. The van der Waals surface area contributed by atoms with Crippen LogP contribution < -0.4 is 5.73 Å². The van der Waals surface area contributed by atoms with Gasteiger partial charge in [0.1, 0.15) is 5.82 Å². The highest BCUT2D eigenvalue weighted by atomic mass is 19.1. The Bertz CT molecular complexity index is 780. The highest BCUT2D eigenvalue weighted by molar-refractivity contribution is 5.86. The van der Waals surface area contributed by atoms with Gasteiger partial charge in [-0.25, -0.2) is 4.39 Å². The lowest BCUT2D eigenvalue weighted by Gasteiger charge is -2.30. The summed E-state index contributed by atoms with van der Waals surface area (Å²) in [6.07, 6.45) is 4.25. The molecule has 106 valence electrons. The Morgan fingerprint density at radius 1 is 1.14 bits per heavy atom. The molecule has 0 aliphatic heterocycles. The van der Waals surface area contributed by atoms with Crippen LogP contribution in [0, 0.1) is 5.82 Å². The van der Waals surface area contributed by atoms with Gasteiger partial charge in [0.25, 0.3) is 0 Å². The van der Waals surface area contributed by atoms with Crippen LogP contribution in [0.1, 0.15) is 24.5 Å². The molecule has 1 atom stereocenters. The molecule has 3 aromatic rings. The number of hydrogen-bond donors (Lipinski definition) is 1. The van der Waals surface area contributed by atoms with E-state index in [9.17, 15) is 4.39 Å². The summed E-state index contributed by atoms with van der Waals surface area (Å²) in [4.78, 5) is 4.20. The zero-order valence-corrected chi connectivity index (χ0v) is 11.9. The number of nitrogens with zero attached hydrogens (tertiary/aromatic N) is 1. The summed E-state index contributed by atoms with van der Waals surface area (Å²) >= 11 is 0. The third-order valence-corrected chi connectivity index (χ3v) is 4.06. The maximum Gasteiger partial charge on any atom is 0.123 e. The van der Waals surface area contributed by atoms with Crippen molar-refractivity contribution >= 4 is 10.8 Å². The van der Waals surface area contributed by atoms with Crippen molar-refractivity contribution in [2.75, 3.05) is 0 Å². The first-order valence-electron chi connectivity index (χ1n) is 7.03. The number of benzene rings is 2. The van der Waals surface area contributed by atoms with Crippen LogP contribution in [0.5, 0.6) is 0 Å². The molecule has 2 N–H and O–H groups in total. The van der Waals surface area contributed by atoms with Gasteiger partial charge in [-0.2, -0.15) is 0 Å². The first-order valence-corrected chi connectivity index (χ1v) is 7.03. The van der Waals surface area contributed by atoms with E-state index in [1.165, 1.54) is 12.1 Å². The normalized spacial score (nSPS) is 14.0. The van der Waals surface area contributed by atoms with Crippen molar-refractivity contribution in [2.24, 2.45) is 5.73 Å². The van der Waals surface area contributed by atoms with E-state index in [-0.39, 0.29) is 5.82 Å². The SMILES string of the molecule is CCC(N)(c1cccc(F)c1)c1cccc2ccncc12. The van der Waals surface area contributed by atoms with E-state index in [2.05, 4.69) is 4.98 Å². The molecule has 0 fully saturated rings. The zero-order chi connectivity index (χ0) is 14.9. The largest absolute Gasteiger partial charge is 0.318 e. The van der Waals surface area contributed by atoms with Crippen LogP contribution in [0.4, 0.5) is 4.39 Å². The molecule has 0 spiro atoms. The van der Waals surface area contributed by atoms with Crippen LogP contribution in [-0.2, 0) is 5.54 Å². The van der Waals surface area contributed by atoms with Crippen molar-refractivity contribution in [1.29, 1.82) is 0 Å². The molecular weight excluding hydrogens is 263 g/mol. The second-order valence-corrected chi connectivity index (χ2v) is 5.24. The minimum Gasteiger partial charge on any atom is -0.318 e. The standard InChI is InChI=1S/C18H17FN2/c1-2-18(20,14-6-4-7-15(19)11-14)17-8-3-5-13-9-10-21-12-16(13)17/h3-12H,2,20H2,1H3. The molecule has 0 saturated carbocycles. The minimum absolute atomic E-state index is 0.269. The number of aromatic nitrogens is 1. The quantitative estimate of drug-likeness (QED) is 0.788. The predicted molar refractivity (Wildman–Crippen MR) is 83.4 cm³/mol. The van der Waals surface area contributed by atoms with Gasteiger partial charge in [-0.1, -0.05) is 37.3 Å². The van der Waals surface area contributed by atoms with E-state index in [0.29, 0.717) is 6.42 Å². The molecule has 0 amide bonds. The van der Waals surface area contributed by atoms with Gasteiger partial charge in [-0.05, 0) is 41.1 Å². The van der Waals surface area contributed by atoms with Crippen LogP contribution in [-0.4, -0.2) is 4.98 Å². The molecule has 2 aromatic carbocycles. The van der Waals surface area contributed by atoms with Gasteiger partial charge in [0.15, 0.2) is 0 Å². The molecule has 0 saturated heterocycles. The molecule has 0 radical (unpaired) electrons. The van der Waals surface area contributed by atoms with Crippen molar-refractivity contribution in [3.05, 3.63) is 77.9 Å². The number of nitrogens with two attached hydrogens (primary N) is 1. The Labute approximate surface area is 123 Å². The zero-order valence-electron chi connectivity index (χ0n) is 11.9. The van der Waals surface area contributed by atoms with Gasteiger partial charge in [-0.15, -0.1) is 0 Å². The van der Waals surface area contributed by atoms with Crippen LogP contribution in [0.15, 0.2) is 60.9 Å². The van der Waals surface area contributed by atoms with Crippen molar-refractivity contribution in [2.45, 2.75) is 18.9 Å². The second-order valence-electron chi connectivity index (χ2n) is 5.24. The predicted octanol–water partition coefficient (Wildman–Crippen LogP) is 3.99. The summed E-state index contributed by atoms with van der Waals surface area (Å²) in [5.74, 6) is -0.269. The van der Waals surface area contributed by atoms with Gasteiger partial charge < -0.3 is 5.73 Å². The molecule has 3 rings (SSSR count). The van der Waals surface area contributed by atoms with Crippen molar-refractivity contribution in [3.63, 3.8) is 0 Å². The molecule has 0 aliphatic rings. The van der Waals surface area contributed by atoms with Gasteiger partial charge >= 0.3 is 0 Å². The number of fused-ring (bicyclic) bond motifs is 1. The molecule has 1 heterocycles. The van der Waals surface area contributed by atoms with Gasteiger partial charge in [0, 0.05) is 17.8 Å². The van der Waals surface area contributed by atoms with E-state index >= 15 is 0 Å². The Kier molecular flexibility index (Phi) is 3.43. The fraction of sp³-hybridized carbons (Fsp3) is 0.167. The highest BCUT2D eigenvalue weighted by Crippen LogP contribution is 2.34. The Morgan fingerprint density at radius 3 is 2.71 bits per heavy atom. The third-order valence-electron chi connectivity index (χ3n) is 4.06. The first-order chi connectivity index (χ1) is 10.1. The van der Waals surface area contributed by atoms with Gasteiger partial charge in [0.05, 0.1) is 5.54 Å². The summed E-state index contributed by atoms with van der Waals surface area (Å²) < 4.78 is 13.6. The molecule has 2 nitrogen and oxygen atoms in total. The number of pyridine rings is 1. The Hall–Kier alpha value is -2.26. The number of rotatable bonds is 3. The molecule has 1 aromatic heterocycles. The van der Waals surface area contributed by atoms with Crippen LogP contribution in [0.2, 0.25) is 0 Å². The smallest absolute Gasteiger partial charge is 0.123 e. The highest BCUT2D eigenvalue weighted by Gasteiger charge is 2.29. The first kappa shape index (κ1) is 13.7. The minimum atomic E-state index is -0.732. The van der Waals surface area contributed by atoms with Gasteiger partial charge in [-0.3, -0.25) is 4.98 Å². The molecule has 1 unspecified atom stereocenters. The molecule has 0 bridgehead atoms. The maximum atomic E-state index is 13.6. The number of hydrogen-bond acceptors (Lipinski definition) is 2. The molecular formula is C18H17FN2. The van der Waals surface area contributed by atoms with Crippen LogP contribution >= 0.6 is 0 Å². The molecule has 0 aliphatic carbocycles. The van der Waals surface area contributed by atoms with E-state index < -0.39 is 5.54 Å². The van der Waals surface area contributed by atoms with E-state index in [4.69, 9.17) is 5.73 Å². The lowest BCUT2D eigenvalue weighted by Crippen LogP contribution is -2.37. The third kappa shape index (κ3) is 2.30. The van der Waals surface area contributed by atoms with Crippen LogP contribution in [0.3, 0.4) is 0 Å². The topological polar surface area (TPSA) is 38.9 Å². The summed E-state index contributed by atoms with van der Waals surface area (Å²) in [5, 5.41) is 2.09. The van der Waals surface area contributed by atoms with Crippen molar-refractivity contribution in [1.82, 2.24) is 4.98 Å². The van der Waals surface area contributed by atoms with Gasteiger partial charge in [0.2, 0.25) is 0 Å². The van der Waals surface area contributed by atoms with Crippen molar-refractivity contribution < 1.29 is 4.39 Å². The summed E-state index contributed by atoms with van der Waals surface area (Å²) in [6.45, 7) is 2.01. The fourth-order valence-electron chi connectivity index (χ4n) is 2.82. The summed E-state index contributed by atoms with van der Waals surface area (Å²) in [5.41, 5.74) is 7.70. The number of halogens is 1. The Balaban J connectivity index is 2.27. The van der Waals surface area contributed by atoms with E-state index in [1.54, 1.807) is 12.3 Å². The average Bonchev–Trinajstić information content (AvgIpc) is 2.53. The van der Waals surface area contributed by atoms with E-state index in [1.807, 2.05) is 43.5 Å². The summed E-state index contributed by atoms with van der Waals surface area (Å²) in [6, 6.07) is 14.5. The lowest BCUT2D eigenvalue weighted by molar-refractivity contribution is 0.516. The average molecular weight is 280 g/mol. The Morgan fingerprint density at radius 2 is 1.95 bits per heavy atom. The monoisotopic (exact) mass is 280 g/mol. The van der Waals surface area contributed by atoms with Crippen molar-refractivity contribution in [3.8, 4) is 0 Å². The lowest BCUT2D eigenvalue weighted by atomic mass is 9.79. The summed E-state index contributed by atoms with van der Waals surface area (Å²) in [7, 11) is 0. The van der Waals surface area contributed by atoms with Crippen LogP contribution in [0.25, 0.3) is 10.8 Å². The molecule has 21 heavy (non-hydrogen) atoms. The van der Waals surface area contributed by atoms with E-state index in [0.717, 1.165) is 21.9 Å². The fourth-order valence-corrected chi connectivity index (χ4v) is 2.82.